The first-order valence-electron chi connectivity index (χ1n) is 11.8. The van der Waals surface area contributed by atoms with E-state index >= 15 is 0 Å². The van der Waals surface area contributed by atoms with E-state index in [0.29, 0.717) is 32.1 Å². The Morgan fingerprint density at radius 1 is 0.971 bits per heavy atom. The Bertz CT molecular complexity index is 1140. The Morgan fingerprint density at radius 2 is 1.76 bits per heavy atom. The van der Waals surface area contributed by atoms with Crippen LogP contribution in [0.1, 0.15) is 16.0 Å². The van der Waals surface area contributed by atoms with Crippen LogP contribution in [0, 0.1) is 13.8 Å². The Hall–Kier alpha value is -3.03. The van der Waals surface area contributed by atoms with Crippen molar-refractivity contribution in [1.82, 2.24) is 4.90 Å². The quantitative estimate of drug-likeness (QED) is 0.523. The molecule has 2 aliphatic rings. The van der Waals surface area contributed by atoms with Crippen LogP contribution in [0.2, 0.25) is 0 Å². The molecule has 2 aromatic carbocycles. The molecular weight excluding hydrogens is 446 g/mol. The molecule has 0 atom stereocenters. The lowest BCUT2D eigenvalue weighted by atomic mass is 10.1. The first kappa shape index (κ1) is 22.7. The largest absolute Gasteiger partial charge is 0.486 e. The number of nitrogens with zero attached hydrogens (tertiary/aromatic N) is 3. The van der Waals surface area contributed by atoms with Crippen molar-refractivity contribution >= 4 is 28.6 Å². The lowest BCUT2D eigenvalue weighted by Gasteiger charge is -2.37. The van der Waals surface area contributed by atoms with Gasteiger partial charge >= 0.3 is 0 Å². The van der Waals surface area contributed by atoms with Gasteiger partial charge in [0, 0.05) is 48.5 Å². The number of hydrogen-bond donors (Lipinski definition) is 0. The van der Waals surface area contributed by atoms with Crippen LogP contribution >= 0.6 is 11.3 Å². The van der Waals surface area contributed by atoms with Gasteiger partial charge in [0.15, 0.2) is 11.5 Å². The first-order chi connectivity index (χ1) is 16.6. The zero-order valence-corrected chi connectivity index (χ0v) is 20.6. The minimum atomic E-state index is 0.102. The molecule has 3 heterocycles. The van der Waals surface area contributed by atoms with Gasteiger partial charge in [-0.05, 0) is 54.6 Å². The van der Waals surface area contributed by atoms with Gasteiger partial charge in [-0.2, -0.15) is 0 Å². The van der Waals surface area contributed by atoms with E-state index in [2.05, 4.69) is 47.9 Å². The molecule has 1 amide bonds. The van der Waals surface area contributed by atoms with Crippen molar-refractivity contribution in [3.05, 3.63) is 69.9 Å². The minimum Gasteiger partial charge on any atom is -0.486 e. The van der Waals surface area contributed by atoms with E-state index in [1.165, 1.54) is 16.8 Å². The molecule has 5 rings (SSSR count). The SMILES string of the molecule is Cc1cccc(N2CCN(CC(=O)N(Cc3cccs3)c3ccc4c(c3)OCCO4)CC2)c1C. The van der Waals surface area contributed by atoms with Gasteiger partial charge in [0.05, 0.1) is 13.1 Å². The van der Waals surface area contributed by atoms with E-state index in [1.54, 1.807) is 11.3 Å². The summed E-state index contributed by atoms with van der Waals surface area (Å²) in [5.41, 5.74) is 4.81. The van der Waals surface area contributed by atoms with Crippen molar-refractivity contribution in [2.45, 2.75) is 20.4 Å². The van der Waals surface area contributed by atoms with Gasteiger partial charge in [-0.1, -0.05) is 18.2 Å². The molecule has 0 bridgehead atoms. The number of piperazine rings is 1. The van der Waals surface area contributed by atoms with Crippen LogP contribution in [0.5, 0.6) is 11.5 Å². The molecule has 1 aromatic heterocycles. The zero-order valence-electron chi connectivity index (χ0n) is 19.8. The minimum absolute atomic E-state index is 0.102. The monoisotopic (exact) mass is 477 g/mol. The van der Waals surface area contributed by atoms with Crippen molar-refractivity contribution in [2.75, 3.05) is 55.7 Å². The highest BCUT2D eigenvalue weighted by Crippen LogP contribution is 2.35. The van der Waals surface area contributed by atoms with Crippen molar-refractivity contribution in [3.8, 4) is 11.5 Å². The number of amides is 1. The normalized spacial score (nSPS) is 15.9. The Balaban J connectivity index is 1.28. The number of thiophene rings is 1. The van der Waals surface area contributed by atoms with Crippen LogP contribution in [0.4, 0.5) is 11.4 Å². The summed E-state index contributed by atoms with van der Waals surface area (Å²) in [5.74, 6) is 1.54. The molecule has 0 N–H and O–H groups in total. The third-order valence-electron chi connectivity index (χ3n) is 6.68. The van der Waals surface area contributed by atoms with Gasteiger partial charge in [-0.25, -0.2) is 0 Å². The van der Waals surface area contributed by atoms with Gasteiger partial charge < -0.3 is 19.3 Å². The number of anilines is 2. The average molecular weight is 478 g/mol. The van der Waals surface area contributed by atoms with Crippen LogP contribution in [0.25, 0.3) is 0 Å². The fourth-order valence-electron chi connectivity index (χ4n) is 4.58. The maximum absolute atomic E-state index is 13.6. The number of rotatable bonds is 6. The third kappa shape index (κ3) is 4.91. The number of hydrogen-bond acceptors (Lipinski definition) is 6. The van der Waals surface area contributed by atoms with Crippen molar-refractivity contribution in [1.29, 1.82) is 0 Å². The molecule has 0 radical (unpaired) electrons. The number of ether oxygens (including phenoxy) is 2. The molecule has 6 nitrogen and oxygen atoms in total. The number of fused-ring (bicyclic) bond motifs is 1. The highest BCUT2D eigenvalue weighted by molar-refractivity contribution is 7.09. The van der Waals surface area contributed by atoms with Gasteiger partial charge in [0.1, 0.15) is 13.2 Å². The second-order valence-electron chi connectivity index (χ2n) is 8.87. The van der Waals surface area contributed by atoms with E-state index in [1.807, 2.05) is 34.5 Å². The van der Waals surface area contributed by atoms with E-state index in [9.17, 15) is 4.79 Å². The highest BCUT2D eigenvalue weighted by Gasteiger charge is 2.25. The lowest BCUT2D eigenvalue weighted by Crippen LogP contribution is -2.50. The highest BCUT2D eigenvalue weighted by atomic mass is 32.1. The van der Waals surface area contributed by atoms with Crippen molar-refractivity contribution in [3.63, 3.8) is 0 Å². The lowest BCUT2D eigenvalue weighted by molar-refractivity contribution is -0.120. The summed E-state index contributed by atoms with van der Waals surface area (Å²) >= 11 is 1.67. The summed E-state index contributed by atoms with van der Waals surface area (Å²) in [4.78, 5) is 21.3. The zero-order chi connectivity index (χ0) is 23.5. The summed E-state index contributed by atoms with van der Waals surface area (Å²) in [5, 5.41) is 2.05. The average Bonchev–Trinajstić information content (AvgIpc) is 3.38. The van der Waals surface area contributed by atoms with E-state index in [-0.39, 0.29) is 5.91 Å². The van der Waals surface area contributed by atoms with E-state index in [4.69, 9.17) is 9.47 Å². The fraction of sp³-hybridized carbons (Fsp3) is 0.370. The van der Waals surface area contributed by atoms with Crippen molar-refractivity contribution < 1.29 is 14.3 Å². The van der Waals surface area contributed by atoms with Crippen molar-refractivity contribution in [2.24, 2.45) is 0 Å². The second kappa shape index (κ2) is 10.1. The van der Waals surface area contributed by atoms with Crippen LogP contribution in [-0.2, 0) is 11.3 Å². The summed E-state index contributed by atoms with van der Waals surface area (Å²) < 4.78 is 11.4. The predicted octanol–water partition coefficient (Wildman–Crippen LogP) is 4.49. The van der Waals surface area contributed by atoms with E-state index < -0.39 is 0 Å². The molecule has 0 saturated carbocycles. The number of aryl methyl sites for hydroxylation is 1. The molecule has 178 valence electrons. The third-order valence-corrected chi connectivity index (χ3v) is 7.54. The molecule has 1 fully saturated rings. The molecule has 34 heavy (non-hydrogen) atoms. The van der Waals surface area contributed by atoms with Gasteiger partial charge in [-0.15, -0.1) is 11.3 Å². The fourth-order valence-corrected chi connectivity index (χ4v) is 5.28. The smallest absolute Gasteiger partial charge is 0.241 e. The van der Waals surface area contributed by atoms with Gasteiger partial charge in [0.25, 0.3) is 0 Å². The number of carbonyl (C=O) groups excluding carboxylic acids is 1. The second-order valence-corrected chi connectivity index (χ2v) is 9.90. The standard InChI is InChI=1S/C27H31N3O3S/c1-20-5-3-7-24(21(20)2)29-12-10-28(11-13-29)19-27(31)30(18-23-6-4-16-34-23)22-8-9-25-26(17-22)33-15-14-32-25/h3-9,16-17H,10-15,18-19H2,1-2H3. The first-order valence-corrected chi connectivity index (χ1v) is 12.7. The van der Waals surface area contributed by atoms with E-state index in [0.717, 1.165) is 42.5 Å². The maximum atomic E-state index is 13.6. The molecule has 0 aliphatic carbocycles. The molecule has 0 unspecified atom stereocenters. The van der Waals surface area contributed by atoms with Crippen LogP contribution in [0.3, 0.4) is 0 Å². The molecular formula is C27H31N3O3S. The molecule has 1 saturated heterocycles. The molecule has 2 aliphatic heterocycles. The van der Waals surface area contributed by atoms with Crippen LogP contribution < -0.4 is 19.3 Å². The predicted molar refractivity (Wildman–Crippen MR) is 138 cm³/mol. The topological polar surface area (TPSA) is 45.2 Å². The van der Waals surface area contributed by atoms with Gasteiger partial charge in [-0.3, -0.25) is 9.69 Å². The Labute approximate surface area is 205 Å². The summed E-state index contributed by atoms with van der Waals surface area (Å²) in [7, 11) is 0. The molecule has 7 heteroatoms. The number of carbonyl (C=O) groups is 1. The van der Waals surface area contributed by atoms with Crippen LogP contribution in [0.15, 0.2) is 53.9 Å². The van der Waals surface area contributed by atoms with Gasteiger partial charge in [0.2, 0.25) is 5.91 Å². The summed E-state index contributed by atoms with van der Waals surface area (Å²) in [6.45, 7) is 9.97. The molecule has 0 spiro atoms. The summed E-state index contributed by atoms with van der Waals surface area (Å²) in [6, 6.07) is 16.4. The van der Waals surface area contributed by atoms with Crippen LogP contribution in [-0.4, -0.2) is 56.7 Å². The Morgan fingerprint density at radius 3 is 2.53 bits per heavy atom. The summed E-state index contributed by atoms with van der Waals surface area (Å²) in [6.07, 6.45) is 0. The molecule has 3 aromatic rings. The Kier molecular flexibility index (Phi) is 6.74. The maximum Gasteiger partial charge on any atom is 0.241 e. The number of benzene rings is 2.